The molecule has 3 atom stereocenters. The van der Waals surface area contributed by atoms with E-state index in [1.807, 2.05) is 6.92 Å². The Labute approximate surface area is 79.8 Å². The van der Waals surface area contributed by atoms with Crippen LogP contribution in [0.5, 0.6) is 0 Å². The second-order valence-electron chi connectivity index (χ2n) is 4.33. The van der Waals surface area contributed by atoms with E-state index in [1.54, 1.807) is 0 Å². The standard InChI is InChI=1S/C9H17NO2S/c1-7-6-13(11,12)9-5-3-2-4-8(9)10-7/h7-10H,2-6H2,1H3. The molecule has 76 valence electrons. The number of hydrogen-bond donors (Lipinski definition) is 1. The molecule has 4 heteroatoms. The average molecular weight is 203 g/mol. The fraction of sp³-hybridized carbons (Fsp3) is 1.00. The van der Waals surface area contributed by atoms with E-state index >= 15 is 0 Å². The minimum atomic E-state index is -2.80. The highest BCUT2D eigenvalue weighted by molar-refractivity contribution is 7.92. The Morgan fingerprint density at radius 3 is 2.69 bits per heavy atom. The molecule has 1 aliphatic carbocycles. The van der Waals surface area contributed by atoms with Crippen LogP contribution >= 0.6 is 0 Å². The van der Waals surface area contributed by atoms with E-state index < -0.39 is 9.84 Å². The first-order valence-corrected chi connectivity index (χ1v) is 6.79. The molecule has 2 fully saturated rings. The van der Waals surface area contributed by atoms with Gasteiger partial charge in [0.1, 0.15) is 0 Å². The maximum absolute atomic E-state index is 11.8. The predicted octanol–water partition coefficient (Wildman–Crippen LogP) is 0.704. The Morgan fingerprint density at radius 1 is 1.23 bits per heavy atom. The first-order valence-electron chi connectivity index (χ1n) is 5.07. The predicted molar refractivity (Wildman–Crippen MR) is 52.4 cm³/mol. The fourth-order valence-corrected chi connectivity index (χ4v) is 4.88. The smallest absolute Gasteiger partial charge is 0.156 e. The number of fused-ring (bicyclic) bond motifs is 1. The Balaban J connectivity index is 2.22. The van der Waals surface area contributed by atoms with Crippen LogP contribution in [0.25, 0.3) is 0 Å². The summed E-state index contributed by atoms with van der Waals surface area (Å²) in [6, 6.07) is 0.381. The van der Waals surface area contributed by atoms with Crippen molar-refractivity contribution in [3.8, 4) is 0 Å². The van der Waals surface area contributed by atoms with Crippen molar-refractivity contribution in [3.63, 3.8) is 0 Å². The third kappa shape index (κ3) is 1.74. The summed E-state index contributed by atoms with van der Waals surface area (Å²) >= 11 is 0. The quantitative estimate of drug-likeness (QED) is 0.630. The molecule has 0 aromatic rings. The molecular weight excluding hydrogens is 186 g/mol. The van der Waals surface area contributed by atoms with Crippen molar-refractivity contribution < 1.29 is 8.42 Å². The van der Waals surface area contributed by atoms with Crippen LogP contribution in [0.4, 0.5) is 0 Å². The summed E-state index contributed by atoms with van der Waals surface area (Å²) < 4.78 is 23.6. The Kier molecular flexibility index (Phi) is 2.36. The Morgan fingerprint density at radius 2 is 1.92 bits per heavy atom. The number of rotatable bonds is 0. The summed E-state index contributed by atoms with van der Waals surface area (Å²) in [5, 5.41) is 3.31. The molecule has 1 N–H and O–H groups in total. The van der Waals surface area contributed by atoms with Gasteiger partial charge in [-0.3, -0.25) is 0 Å². The van der Waals surface area contributed by atoms with Crippen molar-refractivity contribution in [1.29, 1.82) is 0 Å². The Hall–Kier alpha value is -0.0900. The highest BCUT2D eigenvalue weighted by Gasteiger charge is 2.40. The first-order chi connectivity index (χ1) is 6.09. The fourth-order valence-electron chi connectivity index (χ4n) is 2.60. The summed E-state index contributed by atoms with van der Waals surface area (Å²) in [7, 11) is -2.80. The molecule has 3 nitrogen and oxygen atoms in total. The van der Waals surface area contributed by atoms with Gasteiger partial charge in [-0.1, -0.05) is 12.8 Å². The Bertz CT molecular complexity index is 286. The molecule has 1 saturated heterocycles. The normalized spacial score (nSPS) is 43.9. The van der Waals surface area contributed by atoms with Crippen molar-refractivity contribution >= 4 is 9.84 Å². The molecule has 0 bridgehead atoms. The molecule has 2 aliphatic rings. The van der Waals surface area contributed by atoms with Crippen molar-refractivity contribution in [2.24, 2.45) is 0 Å². The van der Waals surface area contributed by atoms with Crippen molar-refractivity contribution in [1.82, 2.24) is 5.32 Å². The number of nitrogens with one attached hydrogen (secondary N) is 1. The molecule has 0 spiro atoms. The van der Waals surface area contributed by atoms with E-state index in [0.717, 1.165) is 19.3 Å². The summed E-state index contributed by atoms with van der Waals surface area (Å²) in [6.45, 7) is 1.96. The van der Waals surface area contributed by atoms with Gasteiger partial charge in [-0.15, -0.1) is 0 Å². The maximum atomic E-state index is 11.8. The zero-order valence-corrected chi connectivity index (χ0v) is 8.81. The van der Waals surface area contributed by atoms with Gasteiger partial charge >= 0.3 is 0 Å². The lowest BCUT2D eigenvalue weighted by Gasteiger charge is -2.38. The van der Waals surface area contributed by atoms with Crippen LogP contribution in [0.1, 0.15) is 32.6 Å². The van der Waals surface area contributed by atoms with E-state index in [-0.39, 0.29) is 17.3 Å². The van der Waals surface area contributed by atoms with Crippen LogP contribution in [0.2, 0.25) is 0 Å². The van der Waals surface area contributed by atoms with Crippen LogP contribution < -0.4 is 5.32 Å². The van der Waals surface area contributed by atoms with Crippen LogP contribution in [-0.2, 0) is 9.84 Å². The number of sulfone groups is 1. The molecule has 0 amide bonds. The molecule has 0 aromatic carbocycles. The average Bonchev–Trinajstić information content (AvgIpc) is 2.02. The SMILES string of the molecule is CC1CS(=O)(=O)C2CCCCC2N1. The minimum Gasteiger partial charge on any atom is -0.309 e. The zero-order valence-electron chi connectivity index (χ0n) is 7.99. The van der Waals surface area contributed by atoms with E-state index in [1.165, 1.54) is 6.42 Å². The van der Waals surface area contributed by atoms with Gasteiger partial charge in [0.15, 0.2) is 9.84 Å². The van der Waals surface area contributed by atoms with Crippen LogP contribution in [0.15, 0.2) is 0 Å². The summed E-state index contributed by atoms with van der Waals surface area (Å²) in [6.07, 6.45) is 4.16. The maximum Gasteiger partial charge on any atom is 0.156 e. The van der Waals surface area contributed by atoms with Gasteiger partial charge < -0.3 is 5.32 Å². The summed E-state index contributed by atoms with van der Waals surface area (Å²) in [5.41, 5.74) is 0. The molecule has 1 saturated carbocycles. The van der Waals surface area contributed by atoms with Crippen molar-refractivity contribution in [2.45, 2.75) is 49.9 Å². The van der Waals surface area contributed by atoms with Crippen LogP contribution in [0, 0.1) is 0 Å². The highest BCUT2D eigenvalue weighted by Crippen LogP contribution is 2.28. The van der Waals surface area contributed by atoms with Crippen LogP contribution in [0.3, 0.4) is 0 Å². The first kappa shape index (κ1) is 9.46. The van der Waals surface area contributed by atoms with E-state index in [0.29, 0.717) is 5.75 Å². The third-order valence-corrected chi connectivity index (χ3v) is 5.60. The van der Waals surface area contributed by atoms with Gasteiger partial charge in [0.05, 0.1) is 11.0 Å². The van der Waals surface area contributed by atoms with Gasteiger partial charge in [-0.2, -0.15) is 0 Å². The number of hydrogen-bond acceptors (Lipinski definition) is 3. The lowest BCUT2D eigenvalue weighted by atomic mass is 9.94. The molecule has 0 aromatic heterocycles. The monoisotopic (exact) mass is 203 g/mol. The van der Waals surface area contributed by atoms with Gasteiger partial charge in [0, 0.05) is 12.1 Å². The molecule has 1 aliphatic heterocycles. The minimum absolute atomic E-state index is 0.0857. The van der Waals surface area contributed by atoms with E-state index in [4.69, 9.17) is 0 Å². The molecule has 0 radical (unpaired) electrons. The summed E-state index contributed by atoms with van der Waals surface area (Å²) in [5.74, 6) is 0.328. The van der Waals surface area contributed by atoms with Crippen molar-refractivity contribution in [3.05, 3.63) is 0 Å². The molecule has 2 rings (SSSR count). The lowest BCUT2D eigenvalue weighted by molar-refractivity contribution is 0.333. The van der Waals surface area contributed by atoms with Crippen molar-refractivity contribution in [2.75, 3.05) is 5.75 Å². The van der Waals surface area contributed by atoms with E-state index in [2.05, 4.69) is 5.32 Å². The van der Waals surface area contributed by atoms with Gasteiger partial charge in [-0.05, 0) is 19.8 Å². The lowest BCUT2D eigenvalue weighted by Crippen LogP contribution is -2.57. The molecule has 3 unspecified atom stereocenters. The van der Waals surface area contributed by atoms with E-state index in [9.17, 15) is 8.42 Å². The molecule has 1 heterocycles. The van der Waals surface area contributed by atoms with Gasteiger partial charge in [-0.25, -0.2) is 8.42 Å². The summed E-state index contributed by atoms with van der Waals surface area (Å²) in [4.78, 5) is 0. The second kappa shape index (κ2) is 3.24. The molecule has 13 heavy (non-hydrogen) atoms. The van der Waals surface area contributed by atoms with Crippen LogP contribution in [-0.4, -0.2) is 31.5 Å². The highest BCUT2D eigenvalue weighted by atomic mass is 32.2. The second-order valence-corrected chi connectivity index (χ2v) is 6.59. The van der Waals surface area contributed by atoms with Gasteiger partial charge in [0.2, 0.25) is 0 Å². The van der Waals surface area contributed by atoms with Gasteiger partial charge in [0.25, 0.3) is 0 Å². The zero-order chi connectivity index (χ0) is 9.47. The third-order valence-electron chi connectivity index (χ3n) is 3.14. The topological polar surface area (TPSA) is 46.2 Å². The molecular formula is C9H17NO2S. The largest absolute Gasteiger partial charge is 0.309 e.